The molecule has 2 heteroatoms. The van der Waals surface area contributed by atoms with E-state index in [9.17, 15) is 4.79 Å². The average Bonchev–Trinajstić information content (AvgIpc) is 2.14. The molecule has 1 N–H and O–H groups in total. The lowest BCUT2D eigenvalue weighted by atomic mass is 10.1. The Morgan fingerprint density at radius 3 is 2.44 bits per heavy atom. The van der Waals surface area contributed by atoms with Crippen molar-refractivity contribution in [2.75, 3.05) is 0 Å². The number of hydrogen-bond donors (Lipinski definition) is 1. The second kappa shape index (κ2) is 4.97. The minimum Gasteiger partial charge on any atom is -0.348 e. The van der Waals surface area contributed by atoms with Gasteiger partial charge in [-0.1, -0.05) is 24.3 Å². The quantitative estimate of drug-likeness (QED) is 0.758. The predicted molar refractivity (Wildman–Crippen MR) is 68.1 cm³/mol. The van der Waals surface area contributed by atoms with Crippen molar-refractivity contribution in [1.82, 2.24) is 5.32 Å². The van der Waals surface area contributed by atoms with Gasteiger partial charge in [0, 0.05) is 11.6 Å². The van der Waals surface area contributed by atoms with Gasteiger partial charge in [-0.15, -0.1) is 0 Å². The smallest absolute Gasteiger partial charge is 0.244 e. The molecule has 86 valence electrons. The van der Waals surface area contributed by atoms with E-state index in [4.69, 9.17) is 0 Å². The first-order valence-electron chi connectivity index (χ1n) is 5.44. The van der Waals surface area contributed by atoms with E-state index >= 15 is 0 Å². The van der Waals surface area contributed by atoms with Gasteiger partial charge < -0.3 is 5.32 Å². The predicted octanol–water partition coefficient (Wildman–Crippen LogP) is 2.92. The Morgan fingerprint density at radius 1 is 1.25 bits per heavy atom. The summed E-state index contributed by atoms with van der Waals surface area (Å²) < 4.78 is 0. The summed E-state index contributed by atoms with van der Waals surface area (Å²) in [5.74, 6) is -0.0595. The van der Waals surface area contributed by atoms with E-state index in [1.807, 2.05) is 58.0 Å². The number of amides is 1. The van der Waals surface area contributed by atoms with E-state index in [1.54, 1.807) is 6.08 Å². The number of benzene rings is 1. The molecule has 16 heavy (non-hydrogen) atoms. The fraction of sp³-hybridized carbons (Fsp3) is 0.357. The molecule has 0 aliphatic carbocycles. The maximum absolute atomic E-state index is 11.5. The highest BCUT2D eigenvalue weighted by atomic mass is 16.1. The lowest BCUT2D eigenvalue weighted by Crippen LogP contribution is -2.39. The highest BCUT2D eigenvalue weighted by Crippen LogP contribution is 2.08. The van der Waals surface area contributed by atoms with Crippen molar-refractivity contribution >= 4 is 12.0 Å². The van der Waals surface area contributed by atoms with Gasteiger partial charge >= 0.3 is 0 Å². The summed E-state index contributed by atoms with van der Waals surface area (Å²) in [4.78, 5) is 11.5. The zero-order valence-corrected chi connectivity index (χ0v) is 10.4. The number of carbonyl (C=O) groups excluding carboxylic acids is 1. The monoisotopic (exact) mass is 217 g/mol. The molecule has 0 aliphatic heterocycles. The molecule has 0 spiro atoms. The van der Waals surface area contributed by atoms with Gasteiger partial charge in [-0.05, 0) is 44.9 Å². The molecule has 1 rings (SSSR count). The third-order valence-electron chi connectivity index (χ3n) is 2.10. The molecule has 0 atom stereocenters. The van der Waals surface area contributed by atoms with Crippen LogP contribution in [0.2, 0.25) is 0 Å². The molecule has 0 aliphatic rings. The van der Waals surface area contributed by atoms with Crippen LogP contribution in [0.25, 0.3) is 6.08 Å². The summed E-state index contributed by atoms with van der Waals surface area (Å²) in [6.45, 7) is 7.92. The standard InChI is InChI=1S/C14H19NO/c1-11-7-5-6-8-12(11)9-10-13(16)15-14(2,3)4/h5-10H,1-4H3,(H,15,16)/b10-9+. The van der Waals surface area contributed by atoms with Crippen LogP contribution in [-0.2, 0) is 4.79 Å². The SMILES string of the molecule is Cc1ccccc1/C=C/C(=O)NC(C)(C)C. The molecule has 1 amide bonds. The Balaban J connectivity index is 2.68. The zero-order chi connectivity index (χ0) is 12.2. The number of carbonyl (C=O) groups is 1. The first-order valence-corrected chi connectivity index (χ1v) is 5.44. The number of nitrogens with one attached hydrogen (secondary N) is 1. The summed E-state index contributed by atoms with van der Waals surface area (Å²) in [6.07, 6.45) is 3.42. The van der Waals surface area contributed by atoms with Crippen molar-refractivity contribution in [3.63, 3.8) is 0 Å². The zero-order valence-electron chi connectivity index (χ0n) is 10.4. The van der Waals surface area contributed by atoms with Crippen molar-refractivity contribution in [3.8, 4) is 0 Å². The third-order valence-corrected chi connectivity index (χ3v) is 2.10. The molecular formula is C14H19NO. The topological polar surface area (TPSA) is 29.1 Å². The Labute approximate surface area is 97.4 Å². The second-order valence-electron chi connectivity index (χ2n) is 4.93. The van der Waals surface area contributed by atoms with Gasteiger partial charge in [0.25, 0.3) is 0 Å². The van der Waals surface area contributed by atoms with Crippen LogP contribution in [0.3, 0.4) is 0 Å². The van der Waals surface area contributed by atoms with Gasteiger partial charge in [-0.2, -0.15) is 0 Å². The summed E-state index contributed by atoms with van der Waals surface area (Å²) in [5, 5.41) is 2.88. The molecule has 0 aromatic heterocycles. The first-order chi connectivity index (χ1) is 7.38. The van der Waals surface area contributed by atoms with Crippen molar-refractivity contribution < 1.29 is 4.79 Å². The van der Waals surface area contributed by atoms with Crippen molar-refractivity contribution in [1.29, 1.82) is 0 Å². The second-order valence-corrected chi connectivity index (χ2v) is 4.93. The molecule has 0 bridgehead atoms. The van der Waals surface area contributed by atoms with Crippen molar-refractivity contribution in [2.24, 2.45) is 0 Å². The van der Waals surface area contributed by atoms with Gasteiger partial charge in [0.15, 0.2) is 0 Å². The van der Waals surface area contributed by atoms with E-state index in [-0.39, 0.29) is 11.4 Å². The molecule has 0 radical (unpaired) electrons. The van der Waals surface area contributed by atoms with Gasteiger partial charge in [-0.25, -0.2) is 0 Å². The number of aryl methyl sites for hydroxylation is 1. The molecule has 0 heterocycles. The maximum Gasteiger partial charge on any atom is 0.244 e. The molecule has 0 unspecified atom stereocenters. The Morgan fingerprint density at radius 2 is 1.88 bits per heavy atom. The lowest BCUT2D eigenvalue weighted by molar-refractivity contribution is -0.117. The van der Waals surface area contributed by atoms with E-state index in [0.29, 0.717) is 0 Å². The van der Waals surface area contributed by atoms with Gasteiger partial charge in [0.2, 0.25) is 5.91 Å². The molecule has 2 nitrogen and oxygen atoms in total. The van der Waals surface area contributed by atoms with Crippen LogP contribution in [-0.4, -0.2) is 11.4 Å². The van der Waals surface area contributed by atoms with Crippen LogP contribution in [0.15, 0.2) is 30.3 Å². The maximum atomic E-state index is 11.5. The van der Waals surface area contributed by atoms with Gasteiger partial charge in [0.05, 0.1) is 0 Å². The Bertz CT molecular complexity index is 399. The minimum absolute atomic E-state index is 0.0595. The molecule has 0 saturated carbocycles. The molecule has 0 fully saturated rings. The molecule has 1 aromatic rings. The van der Waals surface area contributed by atoms with Crippen LogP contribution in [0.4, 0.5) is 0 Å². The summed E-state index contributed by atoms with van der Waals surface area (Å²) in [7, 11) is 0. The van der Waals surface area contributed by atoms with E-state index < -0.39 is 0 Å². The summed E-state index contributed by atoms with van der Waals surface area (Å²) in [6, 6.07) is 7.98. The molecule has 1 aromatic carbocycles. The lowest BCUT2D eigenvalue weighted by Gasteiger charge is -2.18. The van der Waals surface area contributed by atoms with Crippen LogP contribution in [0.5, 0.6) is 0 Å². The fourth-order valence-corrected chi connectivity index (χ4v) is 1.35. The normalized spacial score (nSPS) is 11.8. The van der Waals surface area contributed by atoms with Crippen LogP contribution >= 0.6 is 0 Å². The van der Waals surface area contributed by atoms with E-state index in [1.165, 1.54) is 5.56 Å². The summed E-state index contributed by atoms with van der Waals surface area (Å²) >= 11 is 0. The highest BCUT2D eigenvalue weighted by Gasteiger charge is 2.10. The third kappa shape index (κ3) is 4.30. The summed E-state index contributed by atoms with van der Waals surface area (Å²) in [5.41, 5.74) is 2.06. The van der Waals surface area contributed by atoms with Crippen LogP contribution in [0.1, 0.15) is 31.9 Å². The molecular weight excluding hydrogens is 198 g/mol. The van der Waals surface area contributed by atoms with Crippen LogP contribution in [0, 0.1) is 6.92 Å². The highest BCUT2D eigenvalue weighted by molar-refractivity contribution is 5.92. The number of hydrogen-bond acceptors (Lipinski definition) is 1. The van der Waals surface area contributed by atoms with Crippen LogP contribution < -0.4 is 5.32 Å². The minimum atomic E-state index is -0.187. The first kappa shape index (κ1) is 12.5. The Kier molecular flexibility index (Phi) is 3.88. The fourth-order valence-electron chi connectivity index (χ4n) is 1.35. The Hall–Kier alpha value is -1.57. The number of rotatable bonds is 2. The van der Waals surface area contributed by atoms with E-state index in [2.05, 4.69) is 5.32 Å². The van der Waals surface area contributed by atoms with Crippen molar-refractivity contribution in [3.05, 3.63) is 41.5 Å². The largest absolute Gasteiger partial charge is 0.348 e. The van der Waals surface area contributed by atoms with E-state index in [0.717, 1.165) is 5.56 Å². The molecule has 0 saturated heterocycles. The van der Waals surface area contributed by atoms with Gasteiger partial charge in [0.1, 0.15) is 0 Å². The van der Waals surface area contributed by atoms with Gasteiger partial charge in [-0.3, -0.25) is 4.79 Å². The van der Waals surface area contributed by atoms with Crippen molar-refractivity contribution in [2.45, 2.75) is 33.2 Å². The average molecular weight is 217 g/mol.